The van der Waals surface area contributed by atoms with E-state index in [0.29, 0.717) is 26.5 Å². The zero-order valence-corrected chi connectivity index (χ0v) is 16.2. The maximum atomic E-state index is 12.6. The summed E-state index contributed by atoms with van der Waals surface area (Å²) < 4.78 is 0. The molecule has 1 aliphatic heterocycles. The van der Waals surface area contributed by atoms with Crippen LogP contribution in [0.15, 0.2) is 30.3 Å². The molecule has 0 bridgehead atoms. The van der Waals surface area contributed by atoms with E-state index in [2.05, 4.69) is 37.8 Å². The predicted octanol–water partition coefficient (Wildman–Crippen LogP) is 1.23. The predicted molar refractivity (Wildman–Crippen MR) is 110 cm³/mol. The second-order valence-corrected chi connectivity index (χ2v) is 7.74. The van der Waals surface area contributed by atoms with Gasteiger partial charge in [0.25, 0.3) is 11.8 Å². The number of hydrazine groups is 1. The van der Waals surface area contributed by atoms with Gasteiger partial charge in [-0.25, -0.2) is 5.84 Å². The number of hydrogen-bond donors (Lipinski definition) is 4. The second-order valence-electron chi connectivity index (χ2n) is 6.69. The molecule has 0 aliphatic carbocycles. The van der Waals surface area contributed by atoms with Gasteiger partial charge in [0.2, 0.25) is 0 Å². The molecule has 3 aromatic rings. The van der Waals surface area contributed by atoms with Gasteiger partial charge in [0, 0.05) is 37.4 Å². The molecular formula is C18H21N7O2S. The molecule has 146 valence electrons. The SMILES string of the molecule is CN1CCN(c2ccc(C(=O)Nc3n[nH]c4sc(C(=O)NN)cc34)cc2)CC1. The normalized spacial score (nSPS) is 15.0. The van der Waals surface area contributed by atoms with Crippen LogP contribution < -0.4 is 21.5 Å². The van der Waals surface area contributed by atoms with E-state index < -0.39 is 0 Å². The first-order valence-corrected chi connectivity index (χ1v) is 9.70. The van der Waals surface area contributed by atoms with Crippen molar-refractivity contribution in [1.82, 2.24) is 20.5 Å². The van der Waals surface area contributed by atoms with Crippen molar-refractivity contribution in [2.45, 2.75) is 0 Å². The minimum Gasteiger partial charge on any atom is -0.369 e. The molecule has 5 N–H and O–H groups in total. The average molecular weight is 399 g/mol. The van der Waals surface area contributed by atoms with Crippen molar-refractivity contribution in [2.75, 3.05) is 43.4 Å². The number of carbonyl (C=O) groups excluding carboxylic acids is 2. The molecule has 1 saturated heterocycles. The number of rotatable bonds is 4. The van der Waals surface area contributed by atoms with Crippen molar-refractivity contribution in [3.8, 4) is 0 Å². The molecule has 2 amide bonds. The fraction of sp³-hybridized carbons (Fsp3) is 0.278. The third-order valence-corrected chi connectivity index (χ3v) is 5.88. The van der Waals surface area contributed by atoms with Gasteiger partial charge in [0.05, 0.1) is 10.3 Å². The van der Waals surface area contributed by atoms with Gasteiger partial charge in [0.1, 0.15) is 4.83 Å². The van der Waals surface area contributed by atoms with Crippen molar-refractivity contribution in [2.24, 2.45) is 5.84 Å². The molecule has 0 unspecified atom stereocenters. The molecule has 9 nitrogen and oxygen atoms in total. The number of nitrogen functional groups attached to an aromatic ring is 1. The molecule has 0 saturated carbocycles. The molecule has 28 heavy (non-hydrogen) atoms. The molecular weight excluding hydrogens is 378 g/mol. The van der Waals surface area contributed by atoms with Crippen molar-refractivity contribution >= 4 is 44.9 Å². The number of nitrogens with zero attached hydrogens (tertiary/aromatic N) is 3. The molecule has 0 atom stereocenters. The number of piperazine rings is 1. The molecule has 0 radical (unpaired) electrons. The van der Waals surface area contributed by atoms with Gasteiger partial charge in [-0.3, -0.25) is 20.1 Å². The first-order chi connectivity index (χ1) is 13.5. The second kappa shape index (κ2) is 7.58. The smallest absolute Gasteiger partial charge is 0.275 e. The van der Waals surface area contributed by atoms with Crippen molar-refractivity contribution in [1.29, 1.82) is 0 Å². The van der Waals surface area contributed by atoms with Crippen LogP contribution in [0.4, 0.5) is 11.5 Å². The molecule has 1 aliphatic rings. The summed E-state index contributed by atoms with van der Waals surface area (Å²) in [6, 6.07) is 9.21. The number of thiophene rings is 1. The lowest BCUT2D eigenvalue weighted by Crippen LogP contribution is -2.44. The van der Waals surface area contributed by atoms with Crippen LogP contribution in [0.1, 0.15) is 20.0 Å². The number of aromatic amines is 1. The number of H-pyrrole nitrogens is 1. The lowest BCUT2D eigenvalue weighted by molar-refractivity contribution is 0.0957. The highest BCUT2D eigenvalue weighted by Gasteiger charge is 2.18. The van der Waals surface area contributed by atoms with Crippen molar-refractivity contribution in [3.63, 3.8) is 0 Å². The quantitative estimate of drug-likeness (QED) is 0.298. The lowest BCUT2D eigenvalue weighted by atomic mass is 10.1. The zero-order chi connectivity index (χ0) is 19.7. The first-order valence-electron chi connectivity index (χ1n) is 8.89. The number of amides is 2. The minimum absolute atomic E-state index is 0.255. The van der Waals surface area contributed by atoms with Crippen LogP contribution in [0, 0.1) is 0 Å². The number of nitrogens with one attached hydrogen (secondary N) is 3. The van der Waals surface area contributed by atoms with Crippen molar-refractivity contribution in [3.05, 3.63) is 40.8 Å². The van der Waals surface area contributed by atoms with Gasteiger partial charge in [-0.2, -0.15) is 5.10 Å². The summed E-state index contributed by atoms with van der Waals surface area (Å²) in [6.45, 7) is 4.01. The number of carbonyl (C=O) groups is 2. The molecule has 0 spiro atoms. The maximum Gasteiger partial charge on any atom is 0.275 e. The Morgan fingerprint density at radius 2 is 1.86 bits per heavy atom. The summed E-state index contributed by atoms with van der Waals surface area (Å²) in [7, 11) is 2.12. The summed E-state index contributed by atoms with van der Waals surface area (Å²) >= 11 is 1.22. The summed E-state index contributed by atoms with van der Waals surface area (Å²) in [6.07, 6.45) is 0. The number of likely N-dealkylation sites (N-methyl/N-ethyl adjacent to an activating group) is 1. The summed E-state index contributed by atoms with van der Waals surface area (Å²) in [5, 5.41) is 10.4. The Bertz CT molecular complexity index is 1000. The van der Waals surface area contributed by atoms with Gasteiger partial charge in [-0.1, -0.05) is 0 Å². The molecule has 3 heterocycles. The lowest BCUT2D eigenvalue weighted by Gasteiger charge is -2.34. The Labute approximate surface area is 165 Å². The fourth-order valence-electron chi connectivity index (χ4n) is 3.16. The largest absolute Gasteiger partial charge is 0.369 e. The third-order valence-electron chi connectivity index (χ3n) is 4.84. The highest BCUT2D eigenvalue weighted by molar-refractivity contribution is 7.20. The topological polar surface area (TPSA) is 119 Å². The van der Waals surface area contributed by atoms with Crippen LogP contribution in [-0.4, -0.2) is 60.1 Å². The number of benzene rings is 1. The maximum absolute atomic E-state index is 12.6. The minimum atomic E-state index is -0.383. The number of nitrogens with two attached hydrogens (primary N) is 1. The fourth-order valence-corrected chi connectivity index (χ4v) is 4.07. The number of fused-ring (bicyclic) bond motifs is 1. The van der Waals surface area contributed by atoms with Gasteiger partial charge in [-0.15, -0.1) is 11.3 Å². The summed E-state index contributed by atoms with van der Waals surface area (Å²) in [4.78, 5) is 30.0. The van der Waals surface area contributed by atoms with E-state index in [1.807, 2.05) is 24.3 Å². The van der Waals surface area contributed by atoms with E-state index in [9.17, 15) is 9.59 Å². The van der Waals surface area contributed by atoms with Crippen LogP contribution >= 0.6 is 11.3 Å². The van der Waals surface area contributed by atoms with E-state index >= 15 is 0 Å². The molecule has 10 heteroatoms. The Morgan fingerprint density at radius 1 is 1.14 bits per heavy atom. The monoisotopic (exact) mass is 399 g/mol. The Morgan fingerprint density at radius 3 is 2.54 bits per heavy atom. The number of anilines is 2. The molecule has 1 aromatic carbocycles. The molecule has 2 aromatic heterocycles. The highest BCUT2D eigenvalue weighted by Crippen LogP contribution is 2.29. The van der Waals surface area contributed by atoms with E-state index in [0.717, 1.165) is 31.9 Å². The van der Waals surface area contributed by atoms with Gasteiger partial charge in [0.15, 0.2) is 5.82 Å². The van der Waals surface area contributed by atoms with Crippen molar-refractivity contribution < 1.29 is 9.59 Å². The summed E-state index contributed by atoms with van der Waals surface area (Å²) in [5.74, 6) is 4.91. The number of hydrogen-bond acceptors (Lipinski definition) is 7. The average Bonchev–Trinajstić information content (AvgIpc) is 3.30. The Balaban J connectivity index is 1.47. The van der Waals surface area contributed by atoms with Crippen LogP contribution in [0.3, 0.4) is 0 Å². The van der Waals surface area contributed by atoms with E-state index in [1.165, 1.54) is 11.3 Å². The Kier molecular flexibility index (Phi) is 4.99. The van der Waals surface area contributed by atoms with Gasteiger partial charge in [-0.05, 0) is 37.4 Å². The zero-order valence-electron chi connectivity index (χ0n) is 15.4. The van der Waals surface area contributed by atoms with Crippen LogP contribution in [0.5, 0.6) is 0 Å². The first kappa shape index (κ1) is 18.4. The highest BCUT2D eigenvalue weighted by atomic mass is 32.1. The van der Waals surface area contributed by atoms with Crippen LogP contribution in [0.2, 0.25) is 0 Å². The van der Waals surface area contributed by atoms with Gasteiger partial charge >= 0.3 is 0 Å². The number of aromatic nitrogens is 2. The van der Waals surface area contributed by atoms with E-state index in [4.69, 9.17) is 5.84 Å². The van der Waals surface area contributed by atoms with Crippen LogP contribution in [-0.2, 0) is 0 Å². The Hall–Kier alpha value is -2.95. The third kappa shape index (κ3) is 3.57. The van der Waals surface area contributed by atoms with E-state index in [-0.39, 0.29) is 11.8 Å². The standard InChI is InChI=1S/C18H21N7O2S/c1-24-6-8-25(9-7-24)12-4-2-11(3-5-12)16(26)20-15-13-10-14(17(27)21-19)28-18(13)23-22-15/h2-5,10H,6-9,19H2,1H3,(H,21,27)(H2,20,22,23,26). The summed E-state index contributed by atoms with van der Waals surface area (Å²) in [5.41, 5.74) is 3.75. The molecule has 1 fully saturated rings. The van der Waals surface area contributed by atoms with Gasteiger partial charge < -0.3 is 15.1 Å². The van der Waals surface area contributed by atoms with E-state index in [1.54, 1.807) is 6.07 Å². The molecule has 4 rings (SSSR count). The van der Waals surface area contributed by atoms with Crippen LogP contribution in [0.25, 0.3) is 10.2 Å².